The van der Waals surface area contributed by atoms with Crippen molar-refractivity contribution in [2.24, 2.45) is 0 Å². The van der Waals surface area contributed by atoms with Crippen LogP contribution < -0.4 is 20.7 Å². The number of hydrogen-bond acceptors (Lipinski definition) is 10. The molecule has 52 heavy (non-hydrogen) atoms. The van der Waals surface area contributed by atoms with Crippen molar-refractivity contribution in [1.29, 1.82) is 0 Å². The van der Waals surface area contributed by atoms with Gasteiger partial charge in [-0.2, -0.15) is 5.10 Å². The van der Waals surface area contributed by atoms with E-state index in [-0.39, 0.29) is 11.6 Å². The van der Waals surface area contributed by atoms with Crippen molar-refractivity contribution in [2.75, 3.05) is 26.2 Å². The fourth-order valence-corrected chi connectivity index (χ4v) is 5.62. The third-order valence-electron chi connectivity index (χ3n) is 7.82. The van der Waals surface area contributed by atoms with Crippen LogP contribution in [0.15, 0.2) is 30.3 Å². The summed E-state index contributed by atoms with van der Waals surface area (Å²) in [5.74, 6) is 0.144. The van der Waals surface area contributed by atoms with Gasteiger partial charge in [0, 0.05) is 38.3 Å². The maximum Gasteiger partial charge on any atom is 0.407 e. The molecule has 0 saturated heterocycles. The second-order valence-corrected chi connectivity index (χ2v) is 22.1. The Kier molecular flexibility index (Phi) is 15.8. The molecule has 294 valence electrons. The Balaban J connectivity index is 2.15. The average molecular weight is 748 g/mol. The highest BCUT2D eigenvalue weighted by Gasteiger charge is 2.42. The van der Waals surface area contributed by atoms with Crippen molar-refractivity contribution >= 4 is 26.5 Å². The van der Waals surface area contributed by atoms with Crippen LogP contribution >= 0.6 is 0 Å². The van der Waals surface area contributed by atoms with Gasteiger partial charge in [-0.1, -0.05) is 20.8 Å². The lowest BCUT2D eigenvalue weighted by Gasteiger charge is -2.39. The summed E-state index contributed by atoms with van der Waals surface area (Å²) in [6, 6.07) is 9.54. The van der Waals surface area contributed by atoms with Crippen molar-refractivity contribution in [3.63, 3.8) is 0 Å². The molecule has 3 N–H and O–H groups in total. The van der Waals surface area contributed by atoms with E-state index in [1.165, 1.54) is 0 Å². The molecule has 1 atom stereocenters. The predicted octanol–water partition coefficient (Wildman–Crippen LogP) is 7.19. The van der Waals surface area contributed by atoms with Gasteiger partial charge in [-0.25, -0.2) is 14.4 Å². The quantitative estimate of drug-likeness (QED) is 0.0697. The minimum atomic E-state index is -2.30. The van der Waals surface area contributed by atoms with Crippen molar-refractivity contribution in [1.82, 2.24) is 25.7 Å². The maximum atomic E-state index is 13.2. The van der Waals surface area contributed by atoms with Gasteiger partial charge in [-0.05, 0) is 117 Å². The number of aromatic nitrogens is 2. The van der Waals surface area contributed by atoms with Crippen LogP contribution in [-0.4, -0.2) is 85.4 Å². The first kappa shape index (κ1) is 44.5. The van der Waals surface area contributed by atoms with Crippen molar-refractivity contribution < 1.29 is 37.8 Å². The average Bonchev–Trinajstić information content (AvgIpc) is 3.37. The summed E-state index contributed by atoms with van der Waals surface area (Å²) in [4.78, 5) is 37.3. The lowest BCUT2D eigenvalue weighted by atomic mass is 10.1. The maximum absolute atomic E-state index is 13.2. The highest BCUT2D eigenvalue weighted by Crippen LogP contribution is 2.37. The molecule has 0 aliphatic carbocycles. The first-order chi connectivity index (χ1) is 23.7. The lowest BCUT2D eigenvalue weighted by molar-refractivity contribution is -0.165. The predicted molar refractivity (Wildman–Crippen MR) is 206 cm³/mol. The van der Waals surface area contributed by atoms with E-state index >= 15 is 0 Å². The van der Waals surface area contributed by atoms with Gasteiger partial charge in [-0.15, -0.1) is 0 Å². The summed E-state index contributed by atoms with van der Waals surface area (Å²) in [5.41, 5.74) is 0.793. The van der Waals surface area contributed by atoms with Gasteiger partial charge in [0.15, 0.2) is 14.4 Å². The van der Waals surface area contributed by atoms with Crippen LogP contribution in [0.5, 0.6) is 5.75 Å². The topological polar surface area (TPSA) is 151 Å². The van der Waals surface area contributed by atoms with Gasteiger partial charge in [0.25, 0.3) is 0 Å². The van der Waals surface area contributed by atoms with Gasteiger partial charge in [0.05, 0.1) is 11.4 Å². The molecule has 0 spiro atoms. The molecule has 0 aliphatic rings. The van der Waals surface area contributed by atoms with Gasteiger partial charge in [0.1, 0.15) is 29.2 Å². The second-order valence-electron chi connectivity index (χ2n) is 17.4. The number of esters is 1. The number of benzene rings is 1. The van der Waals surface area contributed by atoms with Crippen molar-refractivity contribution in [2.45, 2.75) is 144 Å². The number of nitrogens with zero attached hydrogens (tertiary/aromatic N) is 2. The molecule has 0 saturated carbocycles. The number of hydrogen-bond donors (Lipinski definition) is 3. The van der Waals surface area contributed by atoms with Gasteiger partial charge >= 0.3 is 18.2 Å². The van der Waals surface area contributed by atoms with E-state index in [4.69, 9.17) is 28.5 Å². The van der Waals surface area contributed by atoms with Crippen molar-refractivity contribution in [3.05, 3.63) is 36.0 Å². The molecular formula is C38H65N5O8Si. The largest absolute Gasteiger partial charge is 0.490 e. The number of carbonyl (C=O) groups excluding carboxylic acids is 3. The first-order valence-electron chi connectivity index (χ1n) is 18.1. The molecule has 0 unspecified atom stereocenters. The standard InChI is InChI=1S/C38H65N5O8Si/c1-35(2,3)48-32(44)31(51-52(13,14)38(10,11)12)26-47-29-18-16-27(17-19-29)30-24-28(25-39-21-22-41-34(46)50-37(7,8)9)43(42-30)23-15-20-40-33(45)49-36(4,5)6/h16-19,24,31,39H,15,20-23,25-26H2,1-14H3,(H,40,45)(H,41,46)/t31-/m1/s1. The minimum absolute atomic E-state index is 0.0192. The molecule has 0 aliphatic heterocycles. The third kappa shape index (κ3) is 16.8. The summed E-state index contributed by atoms with van der Waals surface area (Å²) in [6.07, 6.45) is -1.15. The van der Waals surface area contributed by atoms with E-state index in [0.717, 1.165) is 17.0 Å². The molecule has 13 nitrogen and oxygen atoms in total. The molecule has 2 aromatic rings. The molecule has 2 rings (SSSR count). The van der Waals surface area contributed by atoms with Gasteiger partial charge in [0.2, 0.25) is 0 Å². The highest BCUT2D eigenvalue weighted by molar-refractivity contribution is 6.74. The number of rotatable bonds is 16. The summed E-state index contributed by atoms with van der Waals surface area (Å²) >= 11 is 0. The Bertz CT molecular complexity index is 1450. The Morgan fingerprint density at radius 1 is 0.769 bits per heavy atom. The summed E-state index contributed by atoms with van der Waals surface area (Å²) in [5, 5.41) is 13.7. The second kappa shape index (κ2) is 18.4. The molecule has 1 aromatic heterocycles. The van der Waals surface area contributed by atoms with Crippen LogP contribution in [0.3, 0.4) is 0 Å². The van der Waals surface area contributed by atoms with Crippen LogP contribution in [0.4, 0.5) is 9.59 Å². The highest BCUT2D eigenvalue weighted by atomic mass is 28.4. The van der Waals surface area contributed by atoms with Crippen LogP contribution in [0.1, 0.15) is 95.2 Å². The lowest BCUT2D eigenvalue weighted by Crippen LogP contribution is -2.49. The van der Waals surface area contributed by atoms with E-state index < -0.39 is 49.4 Å². The summed E-state index contributed by atoms with van der Waals surface area (Å²) < 4.78 is 30.8. The zero-order chi connectivity index (χ0) is 39.5. The molecule has 2 amide bonds. The summed E-state index contributed by atoms with van der Waals surface area (Å²) in [7, 11) is -2.30. The van der Waals surface area contributed by atoms with E-state index in [1.54, 1.807) is 0 Å². The number of ether oxygens (including phenoxy) is 4. The SMILES string of the molecule is CC(C)(C)OC(=O)NCCCn1nc(-c2ccc(OC[C@@H](O[Si](C)(C)C(C)(C)C)C(=O)OC(C)(C)C)cc2)cc1CNCCNC(=O)OC(C)(C)C. The molecule has 14 heteroatoms. The first-order valence-corrected chi connectivity index (χ1v) is 21.0. The number of aryl methyl sites for hydroxylation is 1. The monoisotopic (exact) mass is 747 g/mol. The fourth-order valence-electron chi connectivity index (χ4n) is 4.39. The minimum Gasteiger partial charge on any atom is -0.490 e. The Labute approximate surface area is 312 Å². The normalized spacial score (nSPS) is 13.3. The van der Waals surface area contributed by atoms with Gasteiger partial charge < -0.3 is 39.3 Å². The molecule has 1 aromatic carbocycles. The van der Waals surface area contributed by atoms with Crippen LogP contribution in [0, 0.1) is 0 Å². The molecule has 0 fully saturated rings. The number of carbonyl (C=O) groups is 3. The number of alkyl carbamates (subject to hydrolysis) is 2. The zero-order valence-electron chi connectivity index (χ0n) is 34.1. The van der Waals surface area contributed by atoms with Crippen molar-refractivity contribution in [3.8, 4) is 17.0 Å². The summed E-state index contributed by atoms with van der Waals surface area (Å²) in [6.45, 7) is 29.4. The Hall–Kier alpha value is -3.62. The van der Waals surface area contributed by atoms with E-state index in [0.29, 0.717) is 44.9 Å². The Morgan fingerprint density at radius 3 is 1.83 bits per heavy atom. The number of amides is 2. The third-order valence-corrected chi connectivity index (χ3v) is 12.3. The van der Waals surface area contributed by atoms with Crippen LogP contribution in [0.2, 0.25) is 18.1 Å². The smallest absolute Gasteiger partial charge is 0.407 e. The molecule has 0 radical (unpaired) electrons. The van der Waals surface area contributed by atoms with Crippen LogP contribution in [0.25, 0.3) is 11.3 Å². The van der Waals surface area contributed by atoms with E-state index in [1.807, 2.05) is 97.3 Å². The number of nitrogens with one attached hydrogen (secondary N) is 3. The molecule has 1 heterocycles. The molecule has 0 bridgehead atoms. The van der Waals surface area contributed by atoms with Crippen LogP contribution in [-0.2, 0) is 36.5 Å². The zero-order valence-corrected chi connectivity index (χ0v) is 35.1. The van der Waals surface area contributed by atoms with Gasteiger partial charge in [-0.3, -0.25) is 4.68 Å². The fraction of sp³-hybridized carbons (Fsp3) is 0.684. The van der Waals surface area contributed by atoms with E-state index in [2.05, 4.69) is 49.8 Å². The molecular weight excluding hydrogens is 683 g/mol. The van der Waals surface area contributed by atoms with E-state index in [9.17, 15) is 14.4 Å². The Morgan fingerprint density at radius 2 is 1.31 bits per heavy atom.